The number of hydrogen-bond donors (Lipinski definition) is 0. The van der Waals surface area contributed by atoms with Crippen molar-refractivity contribution in [2.75, 3.05) is 0 Å². The van der Waals surface area contributed by atoms with Gasteiger partial charge >= 0.3 is 0 Å². The summed E-state index contributed by atoms with van der Waals surface area (Å²) < 4.78 is -0.430. The molecule has 0 amide bonds. The zero-order valence-corrected chi connectivity index (χ0v) is 23.8. The summed E-state index contributed by atoms with van der Waals surface area (Å²) in [4.78, 5) is 0. The fourth-order valence-corrected chi connectivity index (χ4v) is 9.95. The number of fused-ring (bicyclic) bond motifs is 5. The van der Waals surface area contributed by atoms with E-state index in [1.807, 2.05) is 0 Å². The summed E-state index contributed by atoms with van der Waals surface area (Å²) in [6, 6.07) is 0. The lowest BCUT2D eigenvalue weighted by molar-refractivity contribution is -0.114. The van der Waals surface area contributed by atoms with Crippen LogP contribution in [0.5, 0.6) is 0 Å². The normalized spacial score (nSPS) is 45.9. The standard InChI is InChI=1S/C27H45Br2Cl/c1-18(8-7-9-19(2)27(28,29)30)22-13-14-23-21-12-11-20-10-5-6-16-25(20,3)24(21)15-17-26(22,23)4/h18-24H,5-17H2,1-4H3/t18-,19?,20?,21+,22-,23+,24+,25+,26-/m1/s1. The minimum absolute atomic E-state index is 0.430. The van der Waals surface area contributed by atoms with Gasteiger partial charge in [0.25, 0.3) is 0 Å². The predicted molar refractivity (Wildman–Crippen MR) is 138 cm³/mol. The van der Waals surface area contributed by atoms with Crippen LogP contribution < -0.4 is 0 Å². The first kappa shape index (κ1) is 24.4. The molecule has 4 rings (SSSR count). The van der Waals surface area contributed by atoms with Crippen LogP contribution in [0.2, 0.25) is 0 Å². The largest absolute Gasteiger partial charge is 0.156 e. The SMILES string of the molecule is CC(CCC[C@@H](C)[C@H]1CC[C@H]2[C@@H]3CCC4CCCC[C@]4(C)[C@H]3CC[C@]12C)C(Cl)(Br)Br. The molecule has 0 aromatic carbocycles. The minimum Gasteiger partial charge on any atom is -0.0937 e. The highest BCUT2D eigenvalue weighted by Gasteiger charge is 2.60. The van der Waals surface area contributed by atoms with Crippen molar-refractivity contribution in [3.8, 4) is 0 Å². The topological polar surface area (TPSA) is 0 Å². The van der Waals surface area contributed by atoms with Crippen LogP contribution in [0.3, 0.4) is 0 Å². The second kappa shape index (κ2) is 9.13. The van der Waals surface area contributed by atoms with Gasteiger partial charge in [-0.3, -0.25) is 0 Å². The van der Waals surface area contributed by atoms with Gasteiger partial charge in [0.05, 0.1) is 0 Å². The molecule has 0 saturated heterocycles. The number of rotatable bonds is 6. The van der Waals surface area contributed by atoms with E-state index in [9.17, 15) is 0 Å². The van der Waals surface area contributed by atoms with Crippen molar-refractivity contribution >= 4 is 43.5 Å². The summed E-state index contributed by atoms with van der Waals surface area (Å²) in [5, 5.41) is 0. The molecule has 0 heterocycles. The Bertz CT molecular complexity index is 600. The van der Waals surface area contributed by atoms with E-state index in [0.29, 0.717) is 16.7 Å². The van der Waals surface area contributed by atoms with Crippen molar-refractivity contribution in [1.29, 1.82) is 0 Å². The van der Waals surface area contributed by atoms with Gasteiger partial charge in [0.15, 0.2) is 2.69 Å². The Morgan fingerprint density at radius 1 is 0.867 bits per heavy atom. The van der Waals surface area contributed by atoms with Crippen molar-refractivity contribution in [2.24, 2.45) is 52.3 Å². The zero-order valence-electron chi connectivity index (χ0n) is 19.9. The quantitative estimate of drug-likeness (QED) is 0.282. The molecule has 4 aliphatic carbocycles. The fraction of sp³-hybridized carbons (Fsp3) is 1.00. The Labute approximate surface area is 208 Å². The van der Waals surface area contributed by atoms with Crippen LogP contribution in [0.15, 0.2) is 0 Å². The highest BCUT2D eigenvalue weighted by atomic mass is 79.9. The average molecular weight is 565 g/mol. The zero-order chi connectivity index (χ0) is 21.7. The average Bonchev–Trinajstić information content (AvgIpc) is 3.04. The Hall–Kier alpha value is 1.25. The molecule has 0 aromatic rings. The molecule has 3 heteroatoms. The molecule has 4 aliphatic rings. The Kier molecular flexibility index (Phi) is 7.42. The maximum Gasteiger partial charge on any atom is 0.156 e. The van der Waals surface area contributed by atoms with Crippen LogP contribution in [0.4, 0.5) is 0 Å². The molecule has 2 unspecified atom stereocenters. The number of hydrogen-bond acceptors (Lipinski definition) is 0. The van der Waals surface area contributed by atoms with E-state index in [0.717, 1.165) is 35.5 Å². The van der Waals surface area contributed by atoms with Gasteiger partial charge in [-0.15, -0.1) is 0 Å². The first-order valence-electron chi connectivity index (χ1n) is 13.1. The maximum absolute atomic E-state index is 6.40. The molecule has 0 N–H and O–H groups in total. The molecule has 0 bridgehead atoms. The van der Waals surface area contributed by atoms with Gasteiger partial charge in [0.2, 0.25) is 0 Å². The van der Waals surface area contributed by atoms with Gasteiger partial charge in [-0.05, 0) is 110 Å². The molecule has 4 saturated carbocycles. The lowest BCUT2D eigenvalue weighted by atomic mass is 9.44. The Morgan fingerprint density at radius 2 is 1.60 bits per heavy atom. The summed E-state index contributed by atoms with van der Waals surface area (Å²) in [5.74, 6) is 6.40. The second-order valence-corrected chi connectivity index (χ2v) is 17.6. The monoisotopic (exact) mass is 562 g/mol. The third-order valence-electron chi connectivity index (χ3n) is 11.2. The van der Waals surface area contributed by atoms with Gasteiger partial charge in [0.1, 0.15) is 0 Å². The molecule has 0 radical (unpaired) electrons. The highest BCUT2D eigenvalue weighted by Crippen LogP contribution is 2.68. The van der Waals surface area contributed by atoms with Crippen LogP contribution in [-0.2, 0) is 0 Å². The first-order valence-corrected chi connectivity index (χ1v) is 15.1. The smallest absolute Gasteiger partial charge is 0.0937 e. The second-order valence-electron chi connectivity index (χ2n) is 12.5. The highest BCUT2D eigenvalue weighted by molar-refractivity contribution is 9.26. The maximum atomic E-state index is 6.40. The van der Waals surface area contributed by atoms with E-state index in [4.69, 9.17) is 11.6 Å². The van der Waals surface area contributed by atoms with E-state index in [-0.39, 0.29) is 0 Å². The van der Waals surface area contributed by atoms with E-state index in [2.05, 4.69) is 59.6 Å². The van der Waals surface area contributed by atoms with E-state index < -0.39 is 2.69 Å². The molecule has 174 valence electrons. The summed E-state index contributed by atoms with van der Waals surface area (Å²) >= 11 is 13.5. The predicted octanol–water partition coefficient (Wildman–Crippen LogP) is 10.2. The summed E-state index contributed by atoms with van der Waals surface area (Å²) in [5.41, 5.74) is 1.30. The molecule has 4 fully saturated rings. The van der Waals surface area contributed by atoms with Crippen molar-refractivity contribution in [1.82, 2.24) is 0 Å². The summed E-state index contributed by atoms with van der Waals surface area (Å²) in [7, 11) is 0. The van der Waals surface area contributed by atoms with Crippen molar-refractivity contribution in [2.45, 2.75) is 114 Å². The number of halogens is 3. The van der Waals surface area contributed by atoms with Crippen molar-refractivity contribution in [3.05, 3.63) is 0 Å². The molecular formula is C27H45Br2Cl. The fourth-order valence-electron chi connectivity index (χ4n) is 9.38. The van der Waals surface area contributed by atoms with Crippen LogP contribution in [0.1, 0.15) is 111 Å². The van der Waals surface area contributed by atoms with Gasteiger partial charge in [0, 0.05) is 0 Å². The van der Waals surface area contributed by atoms with Crippen molar-refractivity contribution < 1.29 is 0 Å². The Balaban J connectivity index is 1.40. The molecule has 0 aliphatic heterocycles. The van der Waals surface area contributed by atoms with Crippen molar-refractivity contribution in [3.63, 3.8) is 0 Å². The third kappa shape index (κ3) is 4.35. The molecule has 0 aromatic heterocycles. The molecule has 30 heavy (non-hydrogen) atoms. The van der Waals surface area contributed by atoms with Crippen LogP contribution in [-0.4, -0.2) is 2.69 Å². The Morgan fingerprint density at radius 3 is 2.33 bits per heavy atom. The first-order chi connectivity index (χ1) is 14.1. The van der Waals surface area contributed by atoms with Gasteiger partial charge in [-0.25, -0.2) is 0 Å². The lowest BCUT2D eigenvalue weighted by Crippen LogP contribution is -2.53. The van der Waals surface area contributed by atoms with E-state index in [1.54, 1.807) is 12.8 Å². The van der Waals surface area contributed by atoms with Gasteiger partial charge in [-0.2, -0.15) is 0 Å². The van der Waals surface area contributed by atoms with E-state index in [1.165, 1.54) is 70.6 Å². The molecule has 0 spiro atoms. The summed E-state index contributed by atoms with van der Waals surface area (Å²) in [6.07, 6.45) is 19.1. The van der Waals surface area contributed by atoms with Gasteiger partial charge in [-0.1, -0.05) is 96.8 Å². The third-order valence-corrected chi connectivity index (χ3v) is 13.1. The minimum atomic E-state index is -0.430. The molecule has 9 atom stereocenters. The van der Waals surface area contributed by atoms with Crippen LogP contribution in [0, 0.1) is 52.3 Å². The van der Waals surface area contributed by atoms with E-state index >= 15 is 0 Å². The molecular weight excluding hydrogens is 520 g/mol. The van der Waals surface area contributed by atoms with Gasteiger partial charge < -0.3 is 0 Å². The van der Waals surface area contributed by atoms with Crippen LogP contribution in [0.25, 0.3) is 0 Å². The number of alkyl halides is 3. The lowest BCUT2D eigenvalue weighted by Gasteiger charge is -2.61. The van der Waals surface area contributed by atoms with Crippen LogP contribution >= 0.6 is 43.5 Å². The summed E-state index contributed by atoms with van der Waals surface area (Å²) in [6.45, 7) is 10.3. The molecule has 0 nitrogen and oxygen atoms in total.